The van der Waals surface area contributed by atoms with E-state index in [1.54, 1.807) is 42.3 Å². The minimum absolute atomic E-state index is 0.259. The zero-order valence-corrected chi connectivity index (χ0v) is 14.8. The molecule has 0 saturated carbocycles. The summed E-state index contributed by atoms with van der Waals surface area (Å²) in [6.45, 7) is 0.477. The first-order valence-corrected chi connectivity index (χ1v) is 10.1. The van der Waals surface area contributed by atoms with Crippen molar-refractivity contribution >= 4 is 34.3 Å². The van der Waals surface area contributed by atoms with Crippen LogP contribution in [0.3, 0.4) is 0 Å². The lowest BCUT2D eigenvalue weighted by atomic mass is 10.1. The van der Waals surface area contributed by atoms with E-state index in [1.165, 1.54) is 5.56 Å². The minimum atomic E-state index is -1.01. The molecule has 0 aromatic heterocycles. The third-order valence-corrected chi connectivity index (χ3v) is 4.76. The van der Waals surface area contributed by atoms with Gasteiger partial charge in [-0.1, -0.05) is 24.3 Å². The molecule has 0 saturated heterocycles. The van der Waals surface area contributed by atoms with Gasteiger partial charge in [0.2, 0.25) is 0 Å². The number of rotatable bonds is 6. The molecule has 2 N–H and O–H groups in total. The van der Waals surface area contributed by atoms with Crippen LogP contribution in [-0.4, -0.2) is 22.8 Å². The summed E-state index contributed by atoms with van der Waals surface area (Å²) in [5.41, 5.74) is 3.00. The fourth-order valence-electron chi connectivity index (χ4n) is 2.08. The summed E-state index contributed by atoms with van der Waals surface area (Å²) in [5, 5.41) is 5.60. The molecule has 2 aromatic carbocycles. The number of carbonyl (C=O) groups is 1. The molecule has 2 amide bonds. The maximum Gasteiger partial charge on any atom is 0.319 e. The fraction of sp³-hybridized carbons (Fsp3) is 0.235. The van der Waals surface area contributed by atoms with Crippen molar-refractivity contribution in [3.63, 3.8) is 0 Å². The third kappa shape index (κ3) is 5.73. The van der Waals surface area contributed by atoms with Crippen LogP contribution in [-0.2, 0) is 23.1 Å². The molecule has 0 heterocycles. The van der Waals surface area contributed by atoms with Crippen LogP contribution >= 0.6 is 11.8 Å². The monoisotopic (exact) mass is 348 g/mol. The molecular formula is C17H20N2O2S2. The molecule has 2 rings (SSSR count). The number of urea groups is 1. The normalized spacial score (nSPS) is 11.7. The highest BCUT2D eigenvalue weighted by atomic mass is 32.2. The maximum atomic E-state index is 11.9. The van der Waals surface area contributed by atoms with Crippen molar-refractivity contribution < 1.29 is 9.00 Å². The molecule has 0 radical (unpaired) electrons. The first-order valence-electron chi connectivity index (χ1n) is 7.13. The molecule has 4 nitrogen and oxygen atoms in total. The molecule has 2 aromatic rings. The second-order valence-corrected chi connectivity index (χ2v) is 7.28. The summed E-state index contributed by atoms with van der Waals surface area (Å²) in [7, 11) is -1.01. The van der Waals surface area contributed by atoms with Crippen LogP contribution in [0.25, 0.3) is 0 Å². The second-order valence-electron chi connectivity index (χ2n) is 5.04. The number of nitrogens with one attached hydrogen (secondary N) is 2. The number of amides is 2. The van der Waals surface area contributed by atoms with Gasteiger partial charge < -0.3 is 10.6 Å². The van der Waals surface area contributed by atoms with Gasteiger partial charge in [0, 0.05) is 39.9 Å². The lowest BCUT2D eigenvalue weighted by molar-refractivity contribution is 0.251. The van der Waals surface area contributed by atoms with Crippen molar-refractivity contribution in [2.75, 3.05) is 17.8 Å². The molecule has 23 heavy (non-hydrogen) atoms. The molecule has 1 atom stereocenters. The van der Waals surface area contributed by atoms with Gasteiger partial charge >= 0.3 is 6.03 Å². The van der Waals surface area contributed by atoms with E-state index in [4.69, 9.17) is 0 Å². The standard InChI is InChI=1S/C17H20N2O2S2/c1-22-12-14-5-3-4-13(10-14)11-18-17(20)19-15-6-8-16(9-7-15)23(2)21/h3-10H,11-12H2,1-2H3,(H2,18,19,20)/t23-/m0/s1. The Labute approximate surface area is 143 Å². The Bertz CT molecular complexity index is 687. The van der Waals surface area contributed by atoms with Gasteiger partial charge in [0.25, 0.3) is 0 Å². The van der Waals surface area contributed by atoms with Crippen LogP contribution < -0.4 is 10.6 Å². The first kappa shape index (κ1) is 17.6. The molecule has 0 spiro atoms. The quantitative estimate of drug-likeness (QED) is 0.838. The number of hydrogen-bond donors (Lipinski definition) is 2. The van der Waals surface area contributed by atoms with Crippen molar-refractivity contribution in [1.29, 1.82) is 0 Å². The van der Waals surface area contributed by atoms with Crippen molar-refractivity contribution in [2.45, 2.75) is 17.2 Å². The largest absolute Gasteiger partial charge is 0.334 e. The van der Waals surface area contributed by atoms with E-state index in [0.717, 1.165) is 16.2 Å². The highest BCUT2D eigenvalue weighted by Gasteiger charge is 2.03. The van der Waals surface area contributed by atoms with E-state index in [2.05, 4.69) is 29.0 Å². The Morgan fingerprint density at radius 3 is 2.48 bits per heavy atom. The van der Waals surface area contributed by atoms with E-state index in [1.807, 2.05) is 12.1 Å². The highest BCUT2D eigenvalue weighted by molar-refractivity contribution is 7.97. The zero-order valence-electron chi connectivity index (χ0n) is 13.2. The van der Waals surface area contributed by atoms with Gasteiger partial charge in [-0.25, -0.2) is 4.79 Å². The summed E-state index contributed by atoms with van der Waals surface area (Å²) in [5.74, 6) is 0.963. The summed E-state index contributed by atoms with van der Waals surface area (Å²) in [4.78, 5) is 12.7. The van der Waals surface area contributed by atoms with Crippen molar-refractivity contribution in [1.82, 2.24) is 5.32 Å². The number of thioether (sulfide) groups is 1. The predicted octanol–water partition coefficient (Wildman–Crippen LogP) is 3.61. The average molecular weight is 348 g/mol. The van der Waals surface area contributed by atoms with Crippen LogP contribution in [0, 0.1) is 0 Å². The van der Waals surface area contributed by atoms with E-state index in [0.29, 0.717) is 12.2 Å². The van der Waals surface area contributed by atoms with Crippen molar-refractivity contribution in [3.05, 3.63) is 59.7 Å². The lowest BCUT2D eigenvalue weighted by Gasteiger charge is -2.09. The molecular weight excluding hydrogens is 328 g/mol. The zero-order chi connectivity index (χ0) is 16.7. The Kier molecular flexibility index (Phi) is 6.67. The van der Waals surface area contributed by atoms with Crippen LogP contribution in [0.4, 0.5) is 10.5 Å². The smallest absolute Gasteiger partial charge is 0.319 e. The average Bonchev–Trinajstić information content (AvgIpc) is 2.54. The van der Waals surface area contributed by atoms with Gasteiger partial charge in [0.1, 0.15) is 0 Å². The highest BCUT2D eigenvalue weighted by Crippen LogP contribution is 2.13. The number of hydrogen-bond acceptors (Lipinski definition) is 3. The van der Waals surface area contributed by atoms with Gasteiger partial charge in [-0.2, -0.15) is 11.8 Å². The Morgan fingerprint density at radius 2 is 1.83 bits per heavy atom. The van der Waals surface area contributed by atoms with Gasteiger partial charge in [0.15, 0.2) is 0 Å². The minimum Gasteiger partial charge on any atom is -0.334 e. The van der Waals surface area contributed by atoms with Crippen LogP contribution in [0.5, 0.6) is 0 Å². The SMILES string of the molecule is CSCc1cccc(CNC(=O)Nc2ccc([S@](C)=O)cc2)c1. The summed E-state index contributed by atoms with van der Waals surface area (Å²) < 4.78 is 11.3. The topological polar surface area (TPSA) is 58.2 Å². The van der Waals surface area contributed by atoms with Crippen LogP contribution in [0.15, 0.2) is 53.4 Å². The van der Waals surface area contributed by atoms with Gasteiger partial charge in [-0.15, -0.1) is 0 Å². The first-order chi connectivity index (χ1) is 11.1. The Balaban J connectivity index is 1.87. The molecule has 6 heteroatoms. The molecule has 0 fully saturated rings. The number of carbonyl (C=O) groups excluding carboxylic acids is 1. The summed E-state index contributed by atoms with van der Waals surface area (Å²) in [6.07, 6.45) is 3.69. The number of benzene rings is 2. The predicted molar refractivity (Wildman–Crippen MR) is 98.3 cm³/mol. The Morgan fingerprint density at radius 1 is 1.13 bits per heavy atom. The van der Waals surface area contributed by atoms with Crippen molar-refractivity contribution in [2.24, 2.45) is 0 Å². The molecule has 0 aliphatic carbocycles. The summed E-state index contributed by atoms with van der Waals surface area (Å²) >= 11 is 1.77. The Hall–Kier alpha value is -1.79. The van der Waals surface area contributed by atoms with Gasteiger partial charge in [0.05, 0.1) is 0 Å². The van der Waals surface area contributed by atoms with E-state index in [-0.39, 0.29) is 6.03 Å². The molecule has 0 unspecified atom stereocenters. The van der Waals surface area contributed by atoms with Crippen LogP contribution in [0.1, 0.15) is 11.1 Å². The molecule has 0 bridgehead atoms. The third-order valence-electron chi connectivity index (χ3n) is 3.20. The van der Waals surface area contributed by atoms with Gasteiger partial charge in [-0.05, 0) is 41.6 Å². The fourth-order valence-corrected chi connectivity index (χ4v) is 3.12. The maximum absolute atomic E-state index is 11.9. The molecule has 122 valence electrons. The number of anilines is 1. The van der Waals surface area contributed by atoms with Gasteiger partial charge in [-0.3, -0.25) is 4.21 Å². The lowest BCUT2D eigenvalue weighted by Crippen LogP contribution is -2.28. The van der Waals surface area contributed by atoms with E-state index < -0.39 is 10.8 Å². The molecule has 0 aliphatic heterocycles. The van der Waals surface area contributed by atoms with E-state index >= 15 is 0 Å². The van der Waals surface area contributed by atoms with Crippen LogP contribution in [0.2, 0.25) is 0 Å². The van der Waals surface area contributed by atoms with Crippen molar-refractivity contribution in [3.8, 4) is 0 Å². The summed E-state index contributed by atoms with van der Waals surface area (Å²) in [6, 6.07) is 14.9. The van der Waals surface area contributed by atoms with E-state index in [9.17, 15) is 9.00 Å². The molecule has 0 aliphatic rings. The second kappa shape index (κ2) is 8.74.